The molecule has 2 rings (SSSR count). The summed E-state index contributed by atoms with van der Waals surface area (Å²) in [5.41, 5.74) is 13.1. The number of aryl methyl sites for hydroxylation is 1. The van der Waals surface area contributed by atoms with Crippen LogP contribution in [0.4, 0.5) is 5.69 Å². The summed E-state index contributed by atoms with van der Waals surface area (Å²) in [6.07, 6.45) is 1.20. The van der Waals surface area contributed by atoms with E-state index in [-0.39, 0.29) is 11.9 Å². The number of benzene rings is 1. The van der Waals surface area contributed by atoms with Crippen molar-refractivity contribution in [1.82, 2.24) is 4.90 Å². The molecule has 0 saturated heterocycles. The number of carbonyl (C=O) groups excluding carboxylic acids is 1. The SMILES string of the molecule is CN(C)C(=O)CCc1ccc(N2C(N)=NC(N)=NC2(C)C)cc1. The van der Waals surface area contributed by atoms with Crippen molar-refractivity contribution >= 4 is 23.5 Å². The Bertz CT molecular complexity index is 645. The number of hydrogen-bond donors (Lipinski definition) is 2. The summed E-state index contributed by atoms with van der Waals surface area (Å²) in [6.45, 7) is 3.84. The highest BCUT2D eigenvalue weighted by molar-refractivity contribution is 6.05. The maximum Gasteiger partial charge on any atom is 0.222 e. The van der Waals surface area contributed by atoms with Crippen LogP contribution in [0, 0.1) is 0 Å². The van der Waals surface area contributed by atoms with Gasteiger partial charge in [-0.2, -0.15) is 4.99 Å². The van der Waals surface area contributed by atoms with Crippen molar-refractivity contribution in [2.24, 2.45) is 21.5 Å². The van der Waals surface area contributed by atoms with Crippen molar-refractivity contribution in [2.45, 2.75) is 32.4 Å². The molecule has 1 amide bonds. The smallest absolute Gasteiger partial charge is 0.222 e. The zero-order valence-electron chi connectivity index (χ0n) is 14.1. The molecule has 1 aliphatic heterocycles. The third-order valence-corrected chi connectivity index (χ3v) is 3.71. The number of amides is 1. The Morgan fingerprint density at radius 3 is 2.35 bits per heavy atom. The van der Waals surface area contributed by atoms with Gasteiger partial charge in [-0.1, -0.05) is 12.1 Å². The van der Waals surface area contributed by atoms with Gasteiger partial charge in [0, 0.05) is 26.2 Å². The van der Waals surface area contributed by atoms with Crippen molar-refractivity contribution in [3.8, 4) is 0 Å². The summed E-state index contributed by atoms with van der Waals surface area (Å²) in [4.78, 5) is 23.4. The molecule has 124 valence electrons. The molecule has 0 radical (unpaired) electrons. The van der Waals surface area contributed by atoms with Crippen LogP contribution in [0.5, 0.6) is 0 Å². The summed E-state index contributed by atoms with van der Waals surface area (Å²) >= 11 is 0. The zero-order valence-corrected chi connectivity index (χ0v) is 14.1. The molecular formula is C16H24N6O. The number of nitrogens with zero attached hydrogens (tertiary/aromatic N) is 4. The number of guanidine groups is 2. The normalized spacial score (nSPS) is 16.6. The molecule has 0 atom stereocenters. The van der Waals surface area contributed by atoms with Gasteiger partial charge >= 0.3 is 0 Å². The van der Waals surface area contributed by atoms with Crippen molar-refractivity contribution in [3.05, 3.63) is 29.8 Å². The van der Waals surface area contributed by atoms with Gasteiger partial charge in [-0.05, 0) is 38.0 Å². The fourth-order valence-corrected chi connectivity index (χ4v) is 2.54. The third-order valence-electron chi connectivity index (χ3n) is 3.71. The number of rotatable bonds is 4. The predicted octanol–water partition coefficient (Wildman–Crippen LogP) is 0.893. The molecule has 1 heterocycles. The first kappa shape index (κ1) is 16.8. The van der Waals surface area contributed by atoms with E-state index in [2.05, 4.69) is 9.98 Å². The Kier molecular flexibility index (Phi) is 4.58. The molecule has 0 saturated carbocycles. The fourth-order valence-electron chi connectivity index (χ4n) is 2.54. The van der Waals surface area contributed by atoms with Gasteiger partial charge in [-0.25, -0.2) is 4.99 Å². The van der Waals surface area contributed by atoms with E-state index >= 15 is 0 Å². The number of hydrogen-bond acceptors (Lipinski definition) is 6. The maximum absolute atomic E-state index is 11.6. The lowest BCUT2D eigenvalue weighted by Gasteiger charge is -2.38. The summed E-state index contributed by atoms with van der Waals surface area (Å²) in [5, 5.41) is 0. The highest BCUT2D eigenvalue weighted by atomic mass is 16.2. The van der Waals surface area contributed by atoms with Gasteiger partial charge in [0.05, 0.1) is 0 Å². The largest absolute Gasteiger partial charge is 0.369 e. The monoisotopic (exact) mass is 316 g/mol. The lowest BCUT2D eigenvalue weighted by atomic mass is 10.1. The third kappa shape index (κ3) is 3.80. The van der Waals surface area contributed by atoms with Gasteiger partial charge in [0.1, 0.15) is 5.66 Å². The van der Waals surface area contributed by atoms with Gasteiger partial charge in [0.2, 0.25) is 17.8 Å². The van der Waals surface area contributed by atoms with Gasteiger partial charge in [0.15, 0.2) is 0 Å². The van der Waals surface area contributed by atoms with Crippen LogP contribution in [0.3, 0.4) is 0 Å². The molecule has 1 aromatic carbocycles. The van der Waals surface area contributed by atoms with E-state index in [0.29, 0.717) is 18.8 Å². The van der Waals surface area contributed by atoms with Crippen molar-refractivity contribution in [1.29, 1.82) is 0 Å². The first-order valence-corrected chi connectivity index (χ1v) is 7.49. The first-order chi connectivity index (χ1) is 10.7. The van der Waals surface area contributed by atoms with Gasteiger partial charge in [-0.15, -0.1) is 0 Å². The number of anilines is 1. The van der Waals surface area contributed by atoms with Crippen molar-refractivity contribution < 1.29 is 4.79 Å². The van der Waals surface area contributed by atoms with Crippen LogP contribution in [0.15, 0.2) is 34.3 Å². The predicted molar refractivity (Wildman–Crippen MR) is 93.3 cm³/mol. The Morgan fingerprint density at radius 1 is 1.22 bits per heavy atom. The second-order valence-corrected chi connectivity index (χ2v) is 6.22. The van der Waals surface area contributed by atoms with Crippen molar-refractivity contribution in [2.75, 3.05) is 19.0 Å². The molecule has 0 aliphatic carbocycles. The molecule has 7 nitrogen and oxygen atoms in total. The minimum Gasteiger partial charge on any atom is -0.369 e. The Labute approximate surface area is 136 Å². The average Bonchev–Trinajstić information content (AvgIpc) is 2.43. The van der Waals surface area contributed by atoms with Gasteiger partial charge in [0.25, 0.3) is 0 Å². The molecule has 7 heteroatoms. The van der Waals surface area contributed by atoms with E-state index in [0.717, 1.165) is 11.3 Å². The highest BCUT2D eigenvalue weighted by Crippen LogP contribution is 2.27. The van der Waals surface area contributed by atoms with E-state index in [9.17, 15) is 4.79 Å². The Balaban J connectivity index is 2.14. The molecule has 0 aromatic heterocycles. The van der Waals surface area contributed by atoms with E-state index in [1.165, 1.54) is 0 Å². The standard InChI is InChI=1S/C16H24N6O/c1-16(2)20-14(17)19-15(18)22(16)12-8-5-11(6-9-12)7-10-13(23)21(3)4/h5-6,8-9H,7,10H2,1-4H3,(H4,17,18,19,20). The average molecular weight is 316 g/mol. The summed E-state index contributed by atoms with van der Waals surface area (Å²) in [5.74, 6) is 0.619. The highest BCUT2D eigenvalue weighted by Gasteiger charge is 2.32. The topological polar surface area (TPSA) is 100 Å². The molecule has 0 fully saturated rings. The molecule has 0 spiro atoms. The number of nitrogens with two attached hydrogens (primary N) is 2. The minimum absolute atomic E-state index is 0.118. The lowest BCUT2D eigenvalue weighted by molar-refractivity contribution is -0.128. The number of carbonyl (C=O) groups is 1. The van der Waals surface area contributed by atoms with Crippen LogP contribution in [-0.2, 0) is 11.2 Å². The fraction of sp³-hybridized carbons (Fsp3) is 0.438. The maximum atomic E-state index is 11.6. The molecule has 23 heavy (non-hydrogen) atoms. The second kappa shape index (κ2) is 6.28. The molecule has 0 unspecified atom stereocenters. The summed E-state index contributed by atoms with van der Waals surface area (Å²) in [6, 6.07) is 7.89. The summed E-state index contributed by atoms with van der Waals surface area (Å²) < 4.78 is 0. The van der Waals surface area contributed by atoms with Crippen LogP contribution < -0.4 is 16.4 Å². The van der Waals surface area contributed by atoms with Crippen LogP contribution in [0.25, 0.3) is 0 Å². The molecule has 1 aromatic rings. The van der Waals surface area contributed by atoms with E-state index in [1.807, 2.05) is 43.0 Å². The van der Waals surface area contributed by atoms with E-state index in [4.69, 9.17) is 11.5 Å². The van der Waals surface area contributed by atoms with Crippen LogP contribution in [-0.4, -0.2) is 42.5 Å². The van der Waals surface area contributed by atoms with Gasteiger partial charge in [-0.3, -0.25) is 9.69 Å². The molecule has 0 bridgehead atoms. The second-order valence-electron chi connectivity index (χ2n) is 6.22. The Hall–Kier alpha value is -2.57. The Morgan fingerprint density at radius 2 is 1.83 bits per heavy atom. The molecule has 4 N–H and O–H groups in total. The van der Waals surface area contributed by atoms with Crippen LogP contribution in [0.1, 0.15) is 25.8 Å². The quantitative estimate of drug-likeness (QED) is 0.861. The van der Waals surface area contributed by atoms with Gasteiger partial charge < -0.3 is 16.4 Å². The van der Waals surface area contributed by atoms with Crippen LogP contribution >= 0.6 is 0 Å². The summed E-state index contributed by atoms with van der Waals surface area (Å²) in [7, 11) is 3.52. The minimum atomic E-state index is -0.599. The van der Waals surface area contributed by atoms with Crippen LogP contribution in [0.2, 0.25) is 0 Å². The zero-order chi connectivity index (χ0) is 17.2. The van der Waals surface area contributed by atoms with Crippen molar-refractivity contribution in [3.63, 3.8) is 0 Å². The lowest BCUT2D eigenvalue weighted by Crippen LogP contribution is -2.54. The first-order valence-electron chi connectivity index (χ1n) is 7.49. The molecular weight excluding hydrogens is 292 g/mol. The number of aliphatic imine (C=N–C) groups is 2. The molecule has 1 aliphatic rings. The van der Waals surface area contributed by atoms with E-state index in [1.54, 1.807) is 19.0 Å². The van der Waals surface area contributed by atoms with E-state index < -0.39 is 5.66 Å².